The maximum atomic E-state index is 12.5. The Kier molecular flexibility index (Phi) is 5.00. The molecular weight excluding hydrogens is 340 g/mol. The summed E-state index contributed by atoms with van der Waals surface area (Å²) in [7, 11) is 0. The molecule has 1 aliphatic rings. The standard InChI is InChI=1S/C22H28N2O3/c1-14-19-18(13-26-22(5,6)27-19)16(11-23-14)12-24-20(25)15-7-9-17(10-8-15)21(2,3)4/h7-11H,12-13H2,1-6H3,(H,24,25). The van der Waals surface area contributed by atoms with Gasteiger partial charge in [-0.25, -0.2) is 0 Å². The summed E-state index contributed by atoms with van der Waals surface area (Å²) in [5.74, 6) is -0.0221. The number of amides is 1. The Morgan fingerprint density at radius 1 is 1.22 bits per heavy atom. The first-order valence-electron chi connectivity index (χ1n) is 9.26. The number of aryl methyl sites for hydroxylation is 1. The quantitative estimate of drug-likeness (QED) is 0.879. The van der Waals surface area contributed by atoms with Crippen molar-refractivity contribution in [2.45, 2.75) is 65.9 Å². The molecule has 1 aromatic heterocycles. The topological polar surface area (TPSA) is 60.5 Å². The minimum Gasteiger partial charge on any atom is -0.461 e. The van der Waals surface area contributed by atoms with Gasteiger partial charge in [0.2, 0.25) is 5.79 Å². The van der Waals surface area contributed by atoms with Crippen molar-refractivity contribution in [2.24, 2.45) is 0 Å². The molecule has 0 unspecified atom stereocenters. The fourth-order valence-corrected chi connectivity index (χ4v) is 3.04. The van der Waals surface area contributed by atoms with Crippen LogP contribution in [-0.4, -0.2) is 16.7 Å². The average molecular weight is 368 g/mol. The van der Waals surface area contributed by atoms with E-state index < -0.39 is 5.79 Å². The second-order valence-corrected chi connectivity index (χ2v) is 8.48. The Bertz CT molecular complexity index is 849. The third-order valence-electron chi connectivity index (χ3n) is 4.77. The molecule has 5 nitrogen and oxygen atoms in total. The van der Waals surface area contributed by atoms with Crippen molar-refractivity contribution >= 4 is 5.91 Å². The monoisotopic (exact) mass is 368 g/mol. The maximum Gasteiger partial charge on any atom is 0.251 e. The predicted molar refractivity (Wildman–Crippen MR) is 105 cm³/mol. The van der Waals surface area contributed by atoms with Crippen LogP contribution in [-0.2, 0) is 23.3 Å². The van der Waals surface area contributed by atoms with Gasteiger partial charge in [-0.3, -0.25) is 9.78 Å². The normalized spacial score (nSPS) is 15.6. The van der Waals surface area contributed by atoms with E-state index >= 15 is 0 Å². The van der Waals surface area contributed by atoms with E-state index in [9.17, 15) is 4.79 Å². The highest BCUT2D eigenvalue weighted by Crippen LogP contribution is 2.35. The SMILES string of the molecule is Cc1ncc(CNC(=O)c2ccc(C(C)(C)C)cc2)c2c1OC(C)(C)OC2. The number of carbonyl (C=O) groups excluding carboxylic acids is 1. The smallest absolute Gasteiger partial charge is 0.251 e. The van der Waals surface area contributed by atoms with E-state index in [0.29, 0.717) is 18.7 Å². The van der Waals surface area contributed by atoms with Crippen LogP contribution in [0, 0.1) is 6.92 Å². The van der Waals surface area contributed by atoms with Gasteiger partial charge in [-0.05, 0) is 35.6 Å². The number of nitrogens with one attached hydrogen (secondary N) is 1. The third-order valence-corrected chi connectivity index (χ3v) is 4.77. The summed E-state index contributed by atoms with van der Waals surface area (Å²) in [5.41, 5.74) is 4.60. The largest absolute Gasteiger partial charge is 0.461 e. The van der Waals surface area contributed by atoms with E-state index in [1.807, 2.05) is 45.0 Å². The van der Waals surface area contributed by atoms with Crippen molar-refractivity contribution in [3.63, 3.8) is 0 Å². The number of aromatic nitrogens is 1. The van der Waals surface area contributed by atoms with Gasteiger partial charge in [0.15, 0.2) is 0 Å². The lowest BCUT2D eigenvalue weighted by molar-refractivity contribution is -0.180. The summed E-state index contributed by atoms with van der Waals surface area (Å²) in [4.78, 5) is 16.9. The molecular formula is C22H28N2O3. The Hall–Kier alpha value is -2.40. The van der Waals surface area contributed by atoms with Crippen molar-refractivity contribution in [3.05, 3.63) is 58.4 Å². The zero-order chi connectivity index (χ0) is 19.8. The van der Waals surface area contributed by atoms with Gasteiger partial charge in [-0.2, -0.15) is 0 Å². The first-order chi connectivity index (χ1) is 12.6. The highest BCUT2D eigenvalue weighted by molar-refractivity contribution is 5.94. The number of hydrogen-bond donors (Lipinski definition) is 1. The van der Waals surface area contributed by atoms with E-state index in [4.69, 9.17) is 9.47 Å². The number of benzene rings is 1. The number of fused-ring (bicyclic) bond motifs is 1. The lowest BCUT2D eigenvalue weighted by Crippen LogP contribution is -2.36. The highest BCUT2D eigenvalue weighted by Gasteiger charge is 2.30. The summed E-state index contributed by atoms with van der Waals surface area (Å²) in [6.45, 7) is 13.0. The van der Waals surface area contributed by atoms with Gasteiger partial charge < -0.3 is 14.8 Å². The van der Waals surface area contributed by atoms with Crippen molar-refractivity contribution in [2.75, 3.05) is 0 Å². The third kappa shape index (κ3) is 4.30. The lowest BCUT2D eigenvalue weighted by atomic mass is 9.87. The molecule has 1 N–H and O–H groups in total. The van der Waals surface area contributed by atoms with Crippen LogP contribution in [0.25, 0.3) is 0 Å². The summed E-state index contributed by atoms with van der Waals surface area (Å²) in [5, 5.41) is 2.97. The fraction of sp³-hybridized carbons (Fsp3) is 0.455. The van der Waals surface area contributed by atoms with Gasteiger partial charge in [0.05, 0.1) is 12.3 Å². The van der Waals surface area contributed by atoms with Crippen LogP contribution in [0.2, 0.25) is 0 Å². The Labute approximate surface area is 161 Å². The Morgan fingerprint density at radius 2 is 1.89 bits per heavy atom. The second kappa shape index (κ2) is 6.97. The zero-order valence-corrected chi connectivity index (χ0v) is 17.0. The molecule has 2 heterocycles. The highest BCUT2D eigenvalue weighted by atomic mass is 16.7. The molecule has 1 amide bonds. The van der Waals surface area contributed by atoms with Crippen LogP contribution >= 0.6 is 0 Å². The molecule has 0 saturated carbocycles. The molecule has 5 heteroatoms. The minimum atomic E-state index is -0.671. The molecule has 27 heavy (non-hydrogen) atoms. The molecule has 3 rings (SSSR count). The number of hydrogen-bond acceptors (Lipinski definition) is 4. The molecule has 0 fully saturated rings. The van der Waals surface area contributed by atoms with E-state index in [2.05, 4.69) is 31.1 Å². The van der Waals surface area contributed by atoms with Crippen LogP contribution < -0.4 is 10.1 Å². The summed E-state index contributed by atoms with van der Waals surface area (Å²) in [6, 6.07) is 7.75. The Morgan fingerprint density at radius 3 is 2.52 bits per heavy atom. The van der Waals surface area contributed by atoms with Gasteiger partial charge in [0, 0.05) is 37.7 Å². The molecule has 0 spiro atoms. The van der Waals surface area contributed by atoms with E-state index in [1.165, 1.54) is 5.56 Å². The molecule has 2 aromatic rings. The second-order valence-electron chi connectivity index (χ2n) is 8.48. The number of rotatable bonds is 3. The number of nitrogens with zero attached hydrogens (tertiary/aromatic N) is 1. The van der Waals surface area contributed by atoms with Crippen molar-refractivity contribution < 1.29 is 14.3 Å². The molecule has 0 atom stereocenters. The summed E-state index contributed by atoms with van der Waals surface area (Å²) >= 11 is 0. The number of carbonyl (C=O) groups is 1. The molecule has 0 radical (unpaired) electrons. The molecule has 1 aliphatic heterocycles. The van der Waals surface area contributed by atoms with Crippen LogP contribution in [0.3, 0.4) is 0 Å². The van der Waals surface area contributed by atoms with Gasteiger partial charge >= 0.3 is 0 Å². The molecule has 0 bridgehead atoms. The van der Waals surface area contributed by atoms with Gasteiger partial charge in [-0.15, -0.1) is 0 Å². The maximum absolute atomic E-state index is 12.5. The number of ether oxygens (including phenoxy) is 2. The van der Waals surface area contributed by atoms with Crippen LogP contribution in [0.5, 0.6) is 5.75 Å². The zero-order valence-electron chi connectivity index (χ0n) is 17.0. The van der Waals surface area contributed by atoms with Crippen LogP contribution in [0.15, 0.2) is 30.5 Å². The molecule has 1 aromatic carbocycles. The fourth-order valence-electron chi connectivity index (χ4n) is 3.04. The van der Waals surface area contributed by atoms with Crippen molar-refractivity contribution in [1.82, 2.24) is 10.3 Å². The predicted octanol–water partition coefficient (Wildman–Crippen LogP) is 4.26. The minimum absolute atomic E-state index is 0.0649. The van der Waals surface area contributed by atoms with Crippen molar-refractivity contribution in [3.8, 4) is 5.75 Å². The average Bonchev–Trinajstić information content (AvgIpc) is 2.60. The van der Waals surface area contributed by atoms with E-state index in [1.54, 1.807) is 6.20 Å². The molecule has 0 aliphatic carbocycles. The first kappa shape index (κ1) is 19.4. The van der Waals surface area contributed by atoms with Crippen LogP contribution in [0.1, 0.15) is 67.4 Å². The van der Waals surface area contributed by atoms with E-state index in [0.717, 1.165) is 22.6 Å². The molecule has 144 valence electrons. The number of pyridine rings is 1. The summed E-state index contributed by atoms with van der Waals surface area (Å²) in [6.07, 6.45) is 1.78. The lowest BCUT2D eigenvalue weighted by Gasteiger charge is -2.34. The summed E-state index contributed by atoms with van der Waals surface area (Å²) < 4.78 is 11.7. The Balaban J connectivity index is 1.73. The van der Waals surface area contributed by atoms with Gasteiger partial charge in [0.25, 0.3) is 5.91 Å². The van der Waals surface area contributed by atoms with E-state index in [-0.39, 0.29) is 11.3 Å². The van der Waals surface area contributed by atoms with Gasteiger partial charge in [-0.1, -0.05) is 32.9 Å². The van der Waals surface area contributed by atoms with Crippen molar-refractivity contribution in [1.29, 1.82) is 0 Å². The van der Waals surface area contributed by atoms with Gasteiger partial charge in [0.1, 0.15) is 5.75 Å². The van der Waals surface area contributed by atoms with Crippen LogP contribution in [0.4, 0.5) is 0 Å². The molecule has 0 saturated heterocycles. The first-order valence-corrected chi connectivity index (χ1v) is 9.26.